The van der Waals surface area contributed by atoms with Crippen LogP contribution >= 0.6 is 0 Å². The number of aromatic nitrogens is 1. The maximum absolute atomic E-state index is 13.6. The average molecular weight is 593 g/mol. The molecule has 2 aromatic carbocycles. The van der Waals surface area contributed by atoms with Crippen molar-refractivity contribution in [3.8, 4) is 18.1 Å². The minimum atomic E-state index is -3.90. The summed E-state index contributed by atoms with van der Waals surface area (Å²) in [4.78, 5) is 31.0. The zero-order valence-corrected chi connectivity index (χ0v) is 23.9. The Kier molecular flexibility index (Phi) is 10.6. The van der Waals surface area contributed by atoms with Crippen LogP contribution in [0.3, 0.4) is 0 Å². The molecule has 2 atom stereocenters. The number of amides is 2. The van der Waals surface area contributed by atoms with Crippen LogP contribution in [-0.4, -0.2) is 54.8 Å². The Hall–Kier alpha value is -4.27. The van der Waals surface area contributed by atoms with Crippen LogP contribution in [-0.2, 0) is 38.3 Å². The van der Waals surface area contributed by atoms with Crippen LogP contribution in [0.5, 0.6) is 5.75 Å². The zero-order valence-electron chi connectivity index (χ0n) is 23.0. The van der Waals surface area contributed by atoms with Gasteiger partial charge in [-0.2, -0.15) is 4.31 Å². The van der Waals surface area contributed by atoms with Gasteiger partial charge in [0.25, 0.3) is 0 Å². The van der Waals surface area contributed by atoms with Crippen molar-refractivity contribution in [1.29, 1.82) is 0 Å². The Balaban J connectivity index is 1.50. The van der Waals surface area contributed by atoms with E-state index >= 15 is 0 Å². The van der Waals surface area contributed by atoms with Crippen LogP contribution in [0, 0.1) is 18.2 Å². The van der Waals surface area contributed by atoms with E-state index in [4.69, 9.17) is 11.2 Å². The second-order valence-electron chi connectivity index (χ2n) is 9.99. The first-order valence-electron chi connectivity index (χ1n) is 13.6. The molecule has 1 aliphatic rings. The fourth-order valence-corrected chi connectivity index (χ4v) is 6.52. The highest BCUT2D eigenvalue weighted by Crippen LogP contribution is 2.24. The number of piperidine rings is 1. The summed E-state index contributed by atoms with van der Waals surface area (Å²) in [6.45, 7) is 0.509. The predicted octanol–water partition coefficient (Wildman–Crippen LogP) is 2.96. The highest BCUT2D eigenvalue weighted by molar-refractivity contribution is 7.88. The van der Waals surface area contributed by atoms with Crippen LogP contribution in [0.2, 0.25) is 0 Å². The summed E-state index contributed by atoms with van der Waals surface area (Å²) >= 11 is 0. The van der Waals surface area contributed by atoms with Gasteiger partial charge in [-0.15, -0.1) is 6.42 Å². The van der Waals surface area contributed by atoms with Gasteiger partial charge in [0, 0.05) is 31.9 Å². The predicted molar refractivity (Wildman–Crippen MR) is 156 cm³/mol. The van der Waals surface area contributed by atoms with Gasteiger partial charge in [-0.1, -0.05) is 42.7 Å². The van der Waals surface area contributed by atoms with Crippen molar-refractivity contribution in [3.63, 3.8) is 0 Å². The molecule has 220 valence electrons. The molecule has 2 heterocycles. The van der Waals surface area contributed by atoms with Gasteiger partial charge in [0.2, 0.25) is 21.8 Å². The van der Waals surface area contributed by atoms with E-state index in [0.717, 1.165) is 11.1 Å². The Bertz CT molecular complexity index is 1490. The van der Waals surface area contributed by atoms with E-state index in [1.54, 1.807) is 42.7 Å². The summed E-state index contributed by atoms with van der Waals surface area (Å²) in [5.41, 5.74) is 1.97. The Morgan fingerprint density at radius 1 is 1.07 bits per heavy atom. The van der Waals surface area contributed by atoms with Crippen molar-refractivity contribution in [2.75, 3.05) is 13.2 Å². The fourth-order valence-electron chi connectivity index (χ4n) is 4.75. The molecule has 1 aliphatic heterocycles. The van der Waals surface area contributed by atoms with E-state index in [2.05, 4.69) is 21.5 Å². The van der Waals surface area contributed by atoms with E-state index < -0.39 is 39.7 Å². The SMILES string of the molecule is C#CCOc1ccc(C[C@H](NC(=O)[C@@H]2CCCCN2S(=O)(=O)Cc2ccc(F)cc2)C(=O)NCc2cccnc2)cc1. The summed E-state index contributed by atoms with van der Waals surface area (Å²) in [5, 5.41) is 5.66. The molecule has 0 bridgehead atoms. The molecule has 2 N–H and O–H groups in total. The number of halogens is 1. The van der Waals surface area contributed by atoms with Gasteiger partial charge in [-0.25, -0.2) is 12.8 Å². The lowest BCUT2D eigenvalue weighted by Gasteiger charge is -2.34. The topological polar surface area (TPSA) is 118 Å². The molecule has 0 radical (unpaired) electrons. The lowest BCUT2D eigenvalue weighted by atomic mass is 10.0. The highest BCUT2D eigenvalue weighted by Gasteiger charge is 2.38. The van der Waals surface area contributed by atoms with Gasteiger partial charge in [0.05, 0.1) is 5.75 Å². The molecule has 1 saturated heterocycles. The van der Waals surface area contributed by atoms with Crippen molar-refractivity contribution in [2.45, 2.75) is 50.1 Å². The maximum atomic E-state index is 13.6. The molecule has 2 amide bonds. The number of sulfonamides is 1. The van der Waals surface area contributed by atoms with Crippen LogP contribution in [0.15, 0.2) is 73.1 Å². The van der Waals surface area contributed by atoms with Gasteiger partial charge >= 0.3 is 0 Å². The monoisotopic (exact) mass is 592 g/mol. The van der Waals surface area contributed by atoms with Crippen molar-refractivity contribution in [2.24, 2.45) is 0 Å². The van der Waals surface area contributed by atoms with E-state index in [0.29, 0.717) is 30.6 Å². The van der Waals surface area contributed by atoms with Crippen molar-refractivity contribution < 1.29 is 27.1 Å². The Morgan fingerprint density at radius 2 is 1.81 bits per heavy atom. The molecule has 3 aromatic rings. The number of ether oxygens (including phenoxy) is 1. The summed E-state index contributed by atoms with van der Waals surface area (Å²) in [7, 11) is -3.90. The van der Waals surface area contributed by atoms with Crippen LogP contribution in [0.1, 0.15) is 36.0 Å². The molecule has 4 rings (SSSR count). The third kappa shape index (κ3) is 8.61. The minimum Gasteiger partial charge on any atom is -0.481 e. The molecule has 1 fully saturated rings. The van der Waals surface area contributed by atoms with Crippen LogP contribution in [0.4, 0.5) is 4.39 Å². The molecule has 0 saturated carbocycles. The molecule has 9 nitrogen and oxygen atoms in total. The molecular weight excluding hydrogens is 559 g/mol. The van der Waals surface area contributed by atoms with Crippen molar-refractivity contribution >= 4 is 21.8 Å². The van der Waals surface area contributed by atoms with Gasteiger partial charge in [0.1, 0.15) is 30.3 Å². The number of nitrogens with zero attached hydrogens (tertiary/aromatic N) is 2. The average Bonchev–Trinajstić information content (AvgIpc) is 3.00. The molecule has 0 spiro atoms. The number of pyridine rings is 1. The third-order valence-electron chi connectivity index (χ3n) is 6.88. The first kappa shape index (κ1) is 30.7. The minimum absolute atomic E-state index is 0.122. The fraction of sp³-hybridized carbons (Fsp3) is 0.323. The molecule has 42 heavy (non-hydrogen) atoms. The molecule has 0 unspecified atom stereocenters. The molecule has 11 heteroatoms. The first-order valence-corrected chi connectivity index (χ1v) is 15.2. The van der Waals surface area contributed by atoms with E-state index in [9.17, 15) is 22.4 Å². The quantitative estimate of drug-likeness (QED) is 0.313. The Labute approximate surface area is 245 Å². The normalized spacial score (nSPS) is 16.1. The van der Waals surface area contributed by atoms with Crippen LogP contribution < -0.4 is 15.4 Å². The first-order chi connectivity index (χ1) is 20.2. The van der Waals surface area contributed by atoms with Gasteiger partial charge in [-0.05, 0) is 59.9 Å². The summed E-state index contributed by atoms with van der Waals surface area (Å²) in [6, 6.07) is 13.9. The lowest BCUT2D eigenvalue weighted by Crippen LogP contribution is -2.56. The highest BCUT2D eigenvalue weighted by atomic mass is 32.2. The summed E-state index contributed by atoms with van der Waals surface area (Å²) in [6.07, 6.45) is 10.3. The smallest absolute Gasteiger partial charge is 0.243 e. The zero-order chi connectivity index (χ0) is 30.0. The number of nitrogens with one attached hydrogen (secondary N) is 2. The molecule has 0 aliphatic carbocycles. The van der Waals surface area contributed by atoms with Gasteiger partial charge in [-0.3, -0.25) is 14.6 Å². The number of hydrogen-bond donors (Lipinski definition) is 2. The van der Waals surface area contributed by atoms with Gasteiger partial charge < -0.3 is 15.4 Å². The largest absolute Gasteiger partial charge is 0.481 e. The number of benzene rings is 2. The number of carbonyl (C=O) groups is 2. The lowest BCUT2D eigenvalue weighted by molar-refractivity contribution is -0.131. The maximum Gasteiger partial charge on any atom is 0.243 e. The van der Waals surface area contributed by atoms with Crippen molar-refractivity contribution in [1.82, 2.24) is 19.9 Å². The standard InChI is InChI=1S/C31H33FN4O5S/c1-2-18-41-27-14-10-23(11-15-27)19-28(30(37)34-21-25-6-5-16-33-20-25)35-31(38)29-7-3-4-17-36(29)42(39,40)22-24-8-12-26(32)13-9-24/h1,5-6,8-16,20,28-29H,3-4,7,17-19,21-22H2,(H,34,37)(H,35,38)/t28-,29-/m0/s1. The third-order valence-corrected chi connectivity index (χ3v) is 8.73. The van der Waals surface area contributed by atoms with E-state index in [-0.39, 0.29) is 31.9 Å². The van der Waals surface area contributed by atoms with E-state index in [1.165, 1.54) is 28.6 Å². The summed E-state index contributed by atoms with van der Waals surface area (Å²) in [5.74, 6) is 1.18. The number of carbonyl (C=O) groups excluding carboxylic acids is 2. The number of rotatable bonds is 12. The second kappa shape index (κ2) is 14.6. The molecular formula is C31H33FN4O5S. The van der Waals surface area contributed by atoms with Gasteiger partial charge in [0.15, 0.2) is 0 Å². The Morgan fingerprint density at radius 3 is 2.50 bits per heavy atom. The van der Waals surface area contributed by atoms with E-state index in [1.807, 2.05) is 6.07 Å². The molecule has 1 aromatic heterocycles. The summed E-state index contributed by atoms with van der Waals surface area (Å²) < 4.78 is 46.7. The van der Waals surface area contributed by atoms with Crippen LogP contribution in [0.25, 0.3) is 0 Å². The van der Waals surface area contributed by atoms with Crippen molar-refractivity contribution in [3.05, 3.63) is 95.6 Å². The number of terminal acetylenes is 1. The second-order valence-corrected chi connectivity index (χ2v) is 11.9. The number of hydrogen-bond acceptors (Lipinski definition) is 6.